The van der Waals surface area contributed by atoms with Gasteiger partial charge >= 0.3 is 0 Å². The fourth-order valence-corrected chi connectivity index (χ4v) is 1.80. The zero-order chi connectivity index (χ0) is 14.3. The van der Waals surface area contributed by atoms with E-state index in [1.54, 1.807) is 12.1 Å². The van der Waals surface area contributed by atoms with Gasteiger partial charge in [-0.25, -0.2) is 0 Å². The second kappa shape index (κ2) is 7.50. The van der Waals surface area contributed by atoms with E-state index in [9.17, 15) is 10.1 Å². The fraction of sp³-hybridized carbons (Fsp3) is 0.385. The summed E-state index contributed by atoms with van der Waals surface area (Å²) in [5.41, 5.74) is 0.741. The van der Waals surface area contributed by atoms with Crippen LogP contribution in [0, 0.1) is 10.1 Å². The Kier molecular flexibility index (Phi) is 5.98. The third-order valence-corrected chi connectivity index (χ3v) is 2.67. The van der Waals surface area contributed by atoms with Crippen LogP contribution in [0.2, 0.25) is 0 Å². The highest BCUT2D eigenvalue weighted by Crippen LogP contribution is 2.25. The predicted molar refractivity (Wildman–Crippen MR) is 72.2 cm³/mol. The lowest BCUT2D eigenvalue weighted by atomic mass is 10.1. The van der Waals surface area contributed by atoms with E-state index in [1.165, 1.54) is 19.2 Å². The highest BCUT2D eigenvalue weighted by molar-refractivity contribution is 5.43. The lowest BCUT2D eigenvalue weighted by Crippen LogP contribution is -2.26. The molecular weight excluding hydrogens is 248 g/mol. The Balaban J connectivity index is 2.97. The van der Waals surface area contributed by atoms with Gasteiger partial charge in [-0.15, -0.1) is 6.58 Å². The lowest BCUT2D eigenvalue weighted by molar-refractivity contribution is -0.384. The van der Waals surface area contributed by atoms with E-state index < -0.39 is 4.92 Å². The average molecular weight is 266 g/mol. The first-order valence-electron chi connectivity index (χ1n) is 5.87. The van der Waals surface area contributed by atoms with Crippen molar-refractivity contribution in [3.63, 3.8) is 0 Å². The van der Waals surface area contributed by atoms with Crippen LogP contribution in [0.15, 0.2) is 30.9 Å². The van der Waals surface area contributed by atoms with E-state index in [0.29, 0.717) is 30.9 Å². The first-order chi connectivity index (χ1) is 9.12. The predicted octanol–water partition coefficient (Wildman–Crippen LogP) is 1.58. The van der Waals surface area contributed by atoms with Crippen LogP contribution in [0.25, 0.3) is 0 Å². The van der Waals surface area contributed by atoms with Crippen molar-refractivity contribution in [1.82, 2.24) is 4.90 Å². The van der Waals surface area contributed by atoms with Gasteiger partial charge in [-0.3, -0.25) is 15.0 Å². The molecule has 1 aromatic carbocycles. The molecule has 0 spiro atoms. The SMILES string of the molecule is C=CCN(CCO)Cc1cc([N+](=O)[O-])ccc1OC. The van der Waals surface area contributed by atoms with Gasteiger partial charge in [0.05, 0.1) is 18.6 Å². The highest BCUT2D eigenvalue weighted by atomic mass is 16.6. The van der Waals surface area contributed by atoms with Gasteiger partial charge in [-0.05, 0) is 6.07 Å². The summed E-state index contributed by atoms with van der Waals surface area (Å²) in [5.74, 6) is 0.595. The summed E-state index contributed by atoms with van der Waals surface area (Å²) in [7, 11) is 1.52. The van der Waals surface area contributed by atoms with E-state index >= 15 is 0 Å². The van der Waals surface area contributed by atoms with E-state index in [2.05, 4.69) is 6.58 Å². The van der Waals surface area contributed by atoms with Crippen LogP contribution in [0.1, 0.15) is 5.56 Å². The molecule has 0 atom stereocenters. The summed E-state index contributed by atoms with van der Waals surface area (Å²) in [6, 6.07) is 4.48. The maximum atomic E-state index is 10.8. The number of non-ortho nitro benzene ring substituents is 1. The molecule has 0 heterocycles. The third kappa shape index (κ3) is 4.35. The summed E-state index contributed by atoms with van der Waals surface area (Å²) in [6.45, 7) is 5.18. The summed E-state index contributed by atoms with van der Waals surface area (Å²) in [6.07, 6.45) is 1.72. The Morgan fingerprint density at radius 1 is 1.58 bits per heavy atom. The first kappa shape index (κ1) is 15.1. The molecule has 0 saturated heterocycles. The Labute approximate surface area is 112 Å². The van der Waals surface area contributed by atoms with Crippen LogP contribution in [-0.4, -0.2) is 41.7 Å². The minimum Gasteiger partial charge on any atom is -0.496 e. The first-order valence-corrected chi connectivity index (χ1v) is 5.87. The molecule has 0 aliphatic carbocycles. The van der Waals surface area contributed by atoms with Gasteiger partial charge < -0.3 is 9.84 Å². The molecule has 0 radical (unpaired) electrons. The van der Waals surface area contributed by atoms with Gasteiger partial charge in [0.1, 0.15) is 5.75 Å². The van der Waals surface area contributed by atoms with E-state index in [0.717, 1.165) is 0 Å². The van der Waals surface area contributed by atoms with Crippen molar-refractivity contribution in [3.8, 4) is 5.75 Å². The van der Waals surface area contributed by atoms with Gasteiger partial charge in [-0.2, -0.15) is 0 Å². The second-order valence-corrected chi connectivity index (χ2v) is 4.00. The highest BCUT2D eigenvalue weighted by Gasteiger charge is 2.13. The smallest absolute Gasteiger partial charge is 0.270 e. The van der Waals surface area contributed by atoms with Crippen molar-refractivity contribution in [2.45, 2.75) is 6.54 Å². The number of aliphatic hydroxyl groups is 1. The molecule has 6 heteroatoms. The maximum absolute atomic E-state index is 10.8. The van der Waals surface area contributed by atoms with E-state index in [1.807, 2.05) is 4.90 Å². The largest absolute Gasteiger partial charge is 0.496 e. The van der Waals surface area contributed by atoms with Crippen LogP contribution in [0.5, 0.6) is 5.75 Å². The molecule has 0 aliphatic rings. The summed E-state index contributed by atoms with van der Waals surface area (Å²) < 4.78 is 5.20. The van der Waals surface area contributed by atoms with Gasteiger partial charge in [-0.1, -0.05) is 6.08 Å². The zero-order valence-electron chi connectivity index (χ0n) is 10.9. The summed E-state index contributed by atoms with van der Waals surface area (Å²) >= 11 is 0. The molecule has 1 aromatic rings. The Bertz CT molecular complexity index is 448. The van der Waals surface area contributed by atoms with Crippen molar-refractivity contribution in [1.29, 1.82) is 0 Å². The molecule has 0 unspecified atom stereocenters. The van der Waals surface area contributed by atoms with Crippen LogP contribution >= 0.6 is 0 Å². The normalized spacial score (nSPS) is 10.5. The Morgan fingerprint density at radius 3 is 2.84 bits per heavy atom. The van der Waals surface area contributed by atoms with Crippen molar-refractivity contribution < 1.29 is 14.8 Å². The molecule has 104 valence electrons. The van der Waals surface area contributed by atoms with Gasteiger partial charge in [0.25, 0.3) is 5.69 Å². The van der Waals surface area contributed by atoms with Crippen molar-refractivity contribution >= 4 is 5.69 Å². The van der Waals surface area contributed by atoms with Crippen LogP contribution in [0.3, 0.4) is 0 Å². The van der Waals surface area contributed by atoms with Crippen molar-refractivity contribution in [2.24, 2.45) is 0 Å². The molecule has 6 nitrogen and oxygen atoms in total. The number of hydrogen-bond donors (Lipinski definition) is 1. The molecular formula is C13H18N2O4. The van der Waals surface area contributed by atoms with Crippen LogP contribution in [-0.2, 0) is 6.54 Å². The van der Waals surface area contributed by atoms with E-state index in [4.69, 9.17) is 9.84 Å². The molecule has 0 saturated carbocycles. The topological polar surface area (TPSA) is 75.8 Å². The second-order valence-electron chi connectivity index (χ2n) is 4.00. The van der Waals surface area contributed by atoms with Gasteiger partial charge in [0, 0.05) is 37.3 Å². The van der Waals surface area contributed by atoms with Crippen LogP contribution in [0.4, 0.5) is 5.69 Å². The molecule has 1 rings (SSSR count). The number of nitro groups is 1. The average Bonchev–Trinajstić information content (AvgIpc) is 2.39. The Hall–Kier alpha value is -1.92. The minimum absolute atomic E-state index is 0.0189. The van der Waals surface area contributed by atoms with Gasteiger partial charge in [0.15, 0.2) is 0 Å². The maximum Gasteiger partial charge on any atom is 0.270 e. The molecule has 0 bridgehead atoms. The quantitative estimate of drug-likeness (QED) is 0.439. The lowest BCUT2D eigenvalue weighted by Gasteiger charge is -2.20. The number of nitrogens with zero attached hydrogens (tertiary/aromatic N) is 2. The standard InChI is InChI=1S/C13H18N2O4/c1-3-6-14(7-8-16)10-11-9-12(15(17)18)4-5-13(11)19-2/h3-5,9,16H,1,6-8,10H2,2H3. The molecule has 19 heavy (non-hydrogen) atoms. The van der Waals surface area contributed by atoms with Gasteiger partial charge in [0.2, 0.25) is 0 Å². The Morgan fingerprint density at radius 2 is 2.32 bits per heavy atom. The minimum atomic E-state index is -0.438. The number of methoxy groups -OCH3 is 1. The fourth-order valence-electron chi connectivity index (χ4n) is 1.80. The molecule has 0 aromatic heterocycles. The number of ether oxygens (including phenoxy) is 1. The monoisotopic (exact) mass is 266 g/mol. The molecule has 0 amide bonds. The summed E-state index contributed by atoms with van der Waals surface area (Å²) in [5, 5.41) is 19.8. The van der Waals surface area contributed by atoms with Crippen LogP contribution < -0.4 is 4.74 Å². The summed E-state index contributed by atoms with van der Waals surface area (Å²) in [4.78, 5) is 12.3. The molecule has 0 aliphatic heterocycles. The zero-order valence-corrected chi connectivity index (χ0v) is 10.9. The van der Waals surface area contributed by atoms with Crippen molar-refractivity contribution in [2.75, 3.05) is 26.8 Å². The number of benzene rings is 1. The molecule has 1 N–H and O–H groups in total. The van der Waals surface area contributed by atoms with E-state index in [-0.39, 0.29) is 12.3 Å². The number of nitro benzene ring substituents is 1. The van der Waals surface area contributed by atoms with Crippen molar-refractivity contribution in [3.05, 3.63) is 46.5 Å². The number of hydrogen-bond acceptors (Lipinski definition) is 5. The number of rotatable bonds is 8. The number of aliphatic hydroxyl groups excluding tert-OH is 1. The molecule has 0 fully saturated rings. The third-order valence-electron chi connectivity index (χ3n) is 2.67.